The fourth-order valence-electron chi connectivity index (χ4n) is 4.09. The van der Waals surface area contributed by atoms with E-state index in [1.165, 1.54) is 0 Å². The Balaban J connectivity index is 1.82. The summed E-state index contributed by atoms with van der Waals surface area (Å²) >= 11 is 6.13. The van der Waals surface area contributed by atoms with Gasteiger partial charge in [-0.2, -0.15) is 0 Å². The number of phenols is 1. The zero-order chi connectivity index (χ0) is 20.5. The maximum Gasteiger partial charge on any atom is 0.222 e. The Morgan fingerprint density at radius 3 is 2.97 bits per heavy atom. The van der Waals surface area contributed by atoms with Crippen LogP contribution in [0.3, 0.4) is 0 Å². The molecule has 0 bridgehead atoms. The molecule has 1 aliphatic heterocycles. The summed E-state index contributed by atoms with van der Waals surface area (Å²) in [5.74, 6) is 1.69. The first-order chi connectivity index (χ1) is 14.0. The molecule has 4 rings (SSSR count). The molecule has 0 radical (unpaired) electrons. The molecule has 152 valence electrons. The number of benzene rings is 1. The monoisotopic (exact) mass is 413 g/mol. The SMILES string of the molecule is CCNC(=O)CC1NC(C2C=CC(Cl)=CC2)c2cc(O)ccc2-n2c(C)nnc21. The lowest BCUT2D eigenvalue weighted by Crippen LogP contribution is -2.35. The van der Waals surface area contributed by atoms with Crippen molar-refractivity contribution < 1.29 is 9.90 Å². The molecule has 1 aromatic heterocycles. The van der Waals surface area contributed by atoms with E-state index in [-0.39, 0.29) is 36.1 Å². The van der Waals surface area contributed by atoms with E-state index in [4.69, 9.17) is 11.6 Å². The second-order valence-corrected chi connectivity index (χ2v) is 7.82. The Morgan fingerprint density at radius 1 is 1.41 bits per heavy atom. The molecular formula is C21H24ClN5O2. The molecule has 7 nitrogen and oxygen atoms in total. The summed E-state index contributed by atoms with van der Waals surface area (Å²) in [4.78, 5) is 12.4. The van der Waals surface area contributed by atoms with E-state index in [0.29, 0.717) is 12.4 Å². The number of aryl methyl sites for hydroxylation is 1. The van der Waals surface area contributed by atoms with Crippen LogP contribution in [0, 0.1) is 12.8 Å². The van der Waals surface area contributed by atoms with Gasteiger partial charge in [0, 0.05) is 30.0 Å². The minimum Gasteiger partial charge on any atom is -0.508 e. The molecule has 8 heteroatoms. The summed E-state index contributed by atoms with van der Waals surface area (Å²) in [5, 5.41) is 26.0. The summed E-state index contributed by atoms with van der Waals surface area (Å²) in [7, 11) is 0. The molecule has 2 aromatic rings. The lowest BCUT2D eigenvalue weighted by atomic mass is 9.86. The lowest BCUT2D eigenvalue weighted by Gasteiger charge is -2.29. The molecule has 29 heavy (non-hydrogen) atoms. The number of allylic oxidation sites excluding steroid dienone is 3. The van der Waals surface area contributed by atoms with Crippen LogP contribution >= 0.6 is 11.6 Å². The standard InChI is InChI=1S/C21H24ClN5O2/c1-3-23-19(29)11-17-21-26-25-12(2)27(21)18-9-8-15(28)10-16(18)20(24-17)13-4-6-14(22)7-5-13/h4,6-10,13,17,20,24,28H,3,5,11H2,1-2H3,(H,23,29). The van der Waals surface area contributed by atoms with Crippen molar-refractivity contribution >= 4 is 17.5 Å². The summed E-state index contributed by atoms with van der Waals surface area (Å²) in [5.41, 5.74) is 1.85. The number of aromatic hydroxyl groups is 1. The van der Waals surface area contributed by atoms with Gasteiger partial charge in [-0.25, -0.2) is 0 Å². The molecule has 0 saturated carbocycles. The molecule has 0 saturated heterocycles. The molecule has 1 aliphatic carbocycles. The van der Waals surface area contributed by atoms with Crippen molar-refractivity contribution in [3.05, 3.63) is 58.7 Å². The smallest absolute Gasteiger partial charge is 0.222 e. The van der Waals surface area contributed by atoms with Crippen molar-refractivity contribution in [1.82, 2.24) is 25.4 Å². The Morgan fingerprint density at radius 2 is 2.24 bits per heavy atom. The Kier molecular flexibility index (Phi) is 5.43. The average molecular weight is 414 g/mol. The van der Waals surface area contributed by atoms with E-state index in [1.807, 2.05) is 36.6 Å². The van der Waals surface area contributed by atoms with Crippen molar-refractivity contribution in [1.29, 1.82) is 0 Å². The van der Waals surface area contributed by atoms with E-state index in [2.05, 4.69) is 26.9 Å². The minimum atomic E-state index is -0.322. The predicted molar refractivity (Wildman–Crippen MR) is 111 cm³/mol. The average Bonchev–Trinajstić information content (AvgIpc) is 3.01. The van der Waals surface area contributed by atoms with Gasteiger partial charge in [-0.05, 0) is 50.1 Å². The van der Waals surface area contributed by atoms with E-state index < -0.39 is 0 Å². The van der Waals surface area contributed by atoms with Crippen molar-refractivity contribution in [2.75, 3.05) is 6.54 Å². The first kappa shape index (κ1) is 19.7. The zero-order valence-electron chi connectivity index (χ0n) is 16.4. The molecule has 2 heterocycles. The van der Waals surface area contributed by atoms with E-state index in [9.17, 15) is 9.90 Å². The van der Waals surface area contributed by atoms with Gasteiger partial charge in [0.15, 0.2) is 5.82 Å². The third-order valence-corrected chi connectivity index (χ3v) is 5.69. The van der Waals surface area contributed by atoms with Gasteiger partial charge in [0.1, 0.15) is 11.6 Å². The van der Waals surface area contributed by atoms with Crippen LogP contribution in [0.25, 0.3) is 5.69 Å². The molecule has 0 spiro atoms. The summed E-state index contributed by atoms with van der Waals surface area (Å²) in [6, 6.07) is 4.87. The van der Waals surface area contributed by atoms with Crippen LogP contribution < -0.4 is 10.6 Å². The Bertz CT molecular complexity index is 997. The largest absolute Gasteiger partial charge is 0.508 e. The highest BCUT2D eigenvalue weighted by Crippen LogP contribution is 2.40. The molecule has 0 fully saturated rings. The number of halogens is 1. The molecule has 3 N–H and O–H groups in total. The third kappa shape index (κ3) is 3.80. The first-order valence-corrected chi connectivity index (χ1v) is 10.2. The van der Waals surface area contributed by atoms with Gasteiger partial charge in [-0.15, -0.1) is 10.2 Å². The van der Waals surface area contributed by atoms with Gasteiger partial charge in [0.2, 0.25) is 5.91 Å². The van der Waals surface area contributed by atoms with Gasteiger partial charge in [0.25, 0.3) is 0 Å². The topological polar surface area (TPSA) is 92.1 Å². The summed E-state index contributed by atoms with van der Waals surface area (Å²) < 4.78 is 1.97. The highest BCUT2D eigenvalue weighted by atomic mass is 35.5. The zero-order valence-corrected chi connectivity index (χ0v) is 17.1. The molecule has 2 aliphatic rings. The van der Waals surface area contributed by atoms with Gasteiger partial charge in [-0.1, -0.05) is 23.8 Å². The van der Waals surface area contributed by atoms with Crippen LogP contribution in [0.15, 0.2) is 41.5 Å². The van der Waals surface area contributed by atoms with Crippen LogP contribution in [0.5, 0.6) is 5.75 Å². The van der Waals surface area contributed by atoms with Crippen molar-refractivity contribution in [2.24, 2.45) is 5.92 Å². The van der Waals surface area contributed by atoms with Crippen LogP contribution in [-0.4, -0.2) is 32.3 Å². The summed E-state index contributed by atoms with van der Waals surface area (Å²) in [6.07, 6.45) is 6.97. The maximum absolute atomic E-state index is 12.4. The number of fused-ring (bicyclic) bond motifs is 3. The van der Waals surface area contributed by atoms with E-state index in [1.54, 1.807) is 12.1 Å². The number of nitrogens with zero attached hydrogens (tertiary/aromatic N) is 3. The fourth-order valence-corrected chi connectivity index (χ4v) is 4.26. The number of amides is 1. The Labute approximate surface area is 174 Å². The van der Waals surface area contributed by atoms with E-state index >= 15 is 0 Å². The molecule has 3 atom stereocenters. The number of rotatable bonds is 4. The van der Waals surface area contributed by atoms with Crippen LogP contribution in [0.4, 0.5) is 0 Å². The van der Waals surface area contributed by atoms with Crippen LogP contribution in [0.1, 0.15) is 49.1 Å². The fraction of sp³-hybridized carbons (Fsp3) is 0.381. The molecule has 1 aromatic carbocycles. The first-order valence-electron chi connectivity index (χ1n) is 9.79. The maximum atomic E-state index is 12.4. The Hall–Kier alpha value is -2.64. The van der Waals surface area contributed by atoms with E-state index in [0.717, 1.165) is 28.5 Å². The van der Waals surface area contributed by atoms with Crippen molar-refractivity contribution in [3.8, 4) is 11.4 Å². The predicted octanol–water partition coefficient (Wildman–Crippen LogP) is 3.19. The summed E-state index contributed by atoms with van der Waals surface area (Å²) in [6.45, 7) is 4.36. The van der Waals surface area contributed by atoms with Crippen molar-refractivity contribution in [2.45, 2.75) is 38.8 Å². The third-order valence-electron chi connectivity index (χ3n) is 5.41. The minimum absolute atomic E-state index is 0.0492. The van der Waals surface area contributed by atoms with Gasteiger partial charge >= 0.3 is 0 Å². The van der Waals surface area contributed by atoms with Gasteiger partial charge < -0.3 is 10.4 Å². The number of nitrogens with one attached hydrogen (secondary N) is 2. The normalized spacial score (nSPS) is 23.0. The quantitative estimate of drug-likeness (QED) is 0.715. The van der Waals surface area contributed by atoms with Crippen LogP contribution in [0.2, 0.25) is 0 Å². The number of hydrogen-bond donors (Lipinski definition) is 3. The van der Waals surface area contributed by atoms with Crippen LogP contribution in [-0.2, 0) is 4.79 Å². The number of aromatic nitrogens is 3. The van der Waals surface area contributed by atoms with Crippen molar-refractivity contribution in [3.63, 3.8) is 0 Å². The number of phenolic OH excluding ortho intramolecular Hbond substituents is 1. The second-order valence-electron chi connectivity index (χ2n) is 7.39. The number of hydrogen-bond acceptors (Lipinski definition) is 5. The lowest BCUT2D eigenvalue weighted by molar-refractivity contribution is -0.121. The highest BCUT2D eigenvalue weighted by Gasteiger charge is 2.35. The molecule has 3 unspecified atom stereocenters. The highest BCUT2D eigenvalue weighted by molar-refractivity contribution is 6.31. The number of carbonyl (C=O) groups excluding carboxylic acids is 1. The van der Waals surface area contributed by atoms with Gasteiger partial charge in [-0.3, -0.25) is 14.7 Å². The molecule has 1 amide bonds. The van der Waals surface area contributed by atoms with Gasteiger partial charge in [0.05, 0.1) is 11.7 Å². The second kappa shape index (κ2) is 8.00. The number of carbonyl (C=O) groups is 1. The molecular weight excluding hydrogens is 390 g/mol.